The van der Waals surface area contributed by atoms with Crippen molar-refractivity contribution in [3.05, 3.63) is 65.7 Å². The van der Waals surface area contributed by atoms with Gasteiger partial charge in [-0.15, -0.1) is 0 Å². The fourth-order valence-electron chi connectivity index (χ4n) is 4.79. The predicted molar refractivity (Wildman–Crippen MR) is 179 cm³/mol. The first kappa shape index (κ1) is 36.1. The number of nitrogens with one attached hydrogen (secondary N) is 3. The Morgan fingerprint density at radius 2 is 1.37 bits per heavy atom. The van der Waals surface area contributed by atoms with Gasteiger partial charge in [-0.1, -0.05) is 88.6 Å². The number of hydrogen-bond donors (Lipinski definition) is 3. The van der Waals surface area contributed by atoms with E-state index in [4.69, 9.17) is 0 Å². The molecule has 2 amide bonds. The summed E-state index contributed by atoms with van der Waals surface area (Å²) in [5.41, 5.74) is 2.75. The van der Waals surface area contributed by atoms with Gasteiger partial charge in [-0.05, 0) is 81.3 Å². The molecule has 0 radical (unpaired) electrons. The Morgan fingerprint density at radius 3 is 2.07 bits per heavy atom. The first-order valence-electron chi connectivity index (χ1n) is 16.1. The largest absolute Gasteiger partial charge is 0.356 e. The van der Waals surface area contributed by atoms with Crippen LogP contribution in [0.3, 0.4) is 0 Å². The van der Waals surface area contributed by atoms with Crippen LogP contribution in [0.15, 0.2) is 59.5 Å². The van der Waals surface area contributed by atoms with Crippen LogP contribution in [0.2, 0.25) is 0 Å². The summed E-state index contributed by atoms with van der Waals surface area (Å²) in [6, 6.07) is 11.6. The summed E-state index contributed by atoms with van der Waals surface area (Å²) < 4.78 is 28.5. The zero-order valence-electron chi connectivity index (χ0n) is 26.6. The molecule has 0 spiro atoms. The number of unbranched alkanes of at least 4 members (excludes halogenated alkanes) is 11. The molecule has 0 fully saturated rings. The van der Waals surface area contributed by atoms with Gasteiger partial charge in [0.2, 0.25) is 11.8 Å². The van der Waals surface area contributed by atoms with Gasteiger partial charge in [0, 0.05) is 25.1 Å². The molecular formula is C35H53N3O4S. The third-order valence-corrected chi connectivity index (χ3v) is 8.98. The van der Waals surface area contributed by atoms with Gasteiger partial charge in [0.25, 0.3) is 10.0 Å². The lowest BCUT2D eigenvalue weighted by Crippen LogP contribution is -2.27. The Morgan fingerprint density at radius 1 is 0.744 bits per heavy atom. The molecule has 238 valence electrons. The van der Waals surface area contributed by atoms with Gasteiger partial charge in [-0.3, -0.25) is 14.3 Å². The molecule has 0 saturated carbocycles. The van der Waals surface area contributed by atoms with E-state index in [1.54, 1.807) is 24.3 Å². The van der Waals surface area contributed by atoms with Crippen molar-refractivity contribution in [2.24, 2.45) is 0 Å². The lowest BCUT2D eigenvalue weighted by Gasteiger charge is -2.13. The number of sulfonamides is 1. The van der Waals surface area contributed by atoms with E-state index in [0.29, 0.717) is 17.8 Å². The molecule has 0 unspecified atom stereocenters. The Kier molecular flexibility index (Phi) is 17.4. The zero-order chi connectivity index (χ0) is 31.3. The van der Waals surface area contributed by atoms with Gasteiger partial charge in [0.15, 0.2) is 0 Å². The molecule has 8 heteroatoms. The molecular weight excluding hydrogens is 558 g/mol. The lowest BCUT2D eigenvalue weighted by atomic mass is 10.1. The second-order valence-corrected chi connectivity index (χ2v) is 13.0. The highest BCUT2D eigenvalue weighted by molar-refractivity contribution is 7.92. The minimum Gasteiger partial charge on any atom is -0.356 e. The van der Waals surface area contributed by atoms with E-state index in [1.165, 1.54) is 69.9 Å². The van der Waals surface area contributed by atoms with Crippen LogP contribution in [0.1, 0.15) is 114 Å². The number of rotatable bonds is 22. The van der Waals surface area contributed by atoms with Gasteiger partial charge in [-0.2, -0.15) is 0 Å². The Hall–Kier alpha value is -3.13. The van der Waals surface area contributed by atoms with Gasteiger partial charge in [-0.25, -0.2) is 8.42 Å². The summed E-state index contributed by atoms with van der Waals surface area (Å²) in [6.45, 7) is 6.27. The maximum absolute atomic E-state index is 12.9. The van der Waals surface area contributed by atoms with Crippen LogP contribution < -0.4 is 15.4 Å². The van der Waals surface area contributed by atoms with E-state index in [-0.39, 0.29) is 29.7 Å². The van der Waals surface area contributed by atoms with Gasteiger partial charge in [0.05, 0.1) is 10.6 Å². The zero-order valence-corrected chi connectivity index (χ0v) is 27.4. The van der Waals surface area contributed by atoms with Crippen molar-refractivity contribution in [1.82, 2.24) is 5.32 Å². The molecule has 0 atom stereocenters. The Bertz CT molecular complexity index is 1260. The molecule has 3 N–H and O–H groups in total. The number of carbonyl (C=O) groups excluding carboxylic acids is 2. The van der Waals surface area contributed by atoms with Gasteiger partial charge < -0.3 is 10.6 Å². The third kappa shape index (κ3) is 15.2. The number of hydrogen-bond acceptors (Lipinski definition) is 4. The number of aryl methyl sites for hydroxylation is 1. The van der Waals surface area contributed by atoms with Crippen LogP contribution in [0.25, 0.3) is 0 Å². The summed E-state index contributed by atoms with van der Waals surface area (Å²) in [6.07, 6.45) is 21.0. The van der Waals surface area contributed by atoms with E-state index >= 15 is 0 Å². The first-order chi connectivity index (χ1) is 20.7. The van der Waals surface area contributed by atoms with Crippen LogP contribution in [-0.4, -0.2) is 26.8 Å². The van der Waals surface area contributed by atoms with E-state index in [2.05, 4.69) is 34.4 Å². The molecule has 0 aliphatic carbocycles. The topological polar surface area (TPSA) is 104 Å². The summed E-state index contributed by atoms with van der Waals surface area (Å²) >= 11 is 0. The van der Waals surface area contributed by atoms with Crippen molar-refractivity contribution in [2.45, 2.75) is 122 Å². The van der Waals surface area contributed by atoms with Crippen molar-refractivity contribution in [2.75, 3.05) is 16.6 Å². The quantitative estimate of drug-likeness (QED) is 0.0916. The second kappa shape index (κ2) is 20.7. The summed E-state index contributed by atoms with van der Waals surface area (Å²) in [7, 11) is -3.83. The molecule has 0 aliphatic heterocycles. The van der Waals surface area contributed by atoms with E-state index in [0.717, 1.165) is 36.8 Å². The van der Waals surface area contributed by atoms with Crippen LogP contribution in [0.4, 0.5) is 11.4 Å². The van der Waals surface area contributed by atoms with E-state index in [9.17, 15) is 18.0 Å². The average molecular weight is 612 g/mol. The average Bonchev–Trinajstić information content (AvgIpc) is 2.97. The number of anilines is 2. The van der Waals surface area contributed by atoms with Crippen molar-refractivity contribution in [1.29, 1.82) is 0 Å². The van der Waals surface area contributed by atoms with Crippen molar-refractivity contribution in [3.8, 4) is 0 Å². The monoisotopic (exact) mass is 611 g/mol. The summed E-state index contributed by atoms with van der Waals surface area (Å²) in [5, 5.41) is 5.53. The Balaban J connectivity index is 1.56. The van der Waals surface area contributed by atoms with Crippen LogP contribution in [0.5, 0.6) is 0 Å². The fourth-order valence-corrected chi connectivity index (χ4v) is 5.96. The highest BCUT2D eigenvalue weighted by Gasteiger charge is 2.17. The fraction of sp³-hybridized carbons (Fsp3) is 0.543. The third-order valence-electron chi connectivity index (χ3n) is 7.62. The highest BCUT2D eigenvalue weighted by Crippen LogP contribution is 2.23. The highest BCUT2D eigenvalue weighted by atomic mass is 32.2. The van der Waals surface area contributed by atoms with Crippen molar-refractivity contribution in [3.63, 3.8) is 0 Å². The van der Waals surface area contributed by atoms with Crippen LogP contribution in [-0.2, 0) is 19.6 Å². The standard InChI is InChI=1S/C35H53N3O4S/c1-4-5-6-7-8-9-10-11-12-13-14-15-16-17-18-25-34(39)36-27-26-35(40)37-31-22-20-23-32(28-31)43(41,42)38-33-24-19-21-29(2)30(33)3/h11-12,19-24,28,38H,4-10,13-18,25-27H2,1-3H3,(H,36,39)(H,37,40)/b12-11+. The molecule has 2 aromatic rings. The second-order valence-electron chi connectivity index (χ2n) is 11.4. The molecule has 2 aromatic carbocycles. The number of allylic oxidation sites excluding steroid dienone is 2. The maximum Gasteiger partial charge on any atom is 0.261 e. The van der Waals surface area contributed by atoms with Crippen molar-refractivity contribution < 1.29 is 18.0 Å². The number of benzene rings is 2. The normalized spacial score (nSPS) is 11.5. The van der Waals surface area contributed by atoms with Gasteiger partial charge in [0.1, 0.15) is 0 Å². The van der Waals surface area contributed by atoms with E-state index in [1.807, 2.05) is 19.9 Å². The maximum atomic E-state index is 12.9. The minimum absolute atomic E-state index is 0.0453. The first-order valence-corrected chi connectivity index (χ1v) is 17.6. The SMILES string of the molecule is CCCCCCCC/C=C/CCCCCCCC(=O)NCCC(=O)Nc1cccc(S(=O)(=O)Nc2cccc(C)c2C)c1. The van der Waals surface area contributed by atoms with Crippen LogP contribution in [0, 0.1) is 13.8 Å². The molecule has 0 saturated heterocycles. The smallest absolute Gasteiger partial charge is 0.261 e. The summed E-state index contributed by atoms with van der Waals surface area (Å²) in [4.78, 5) is 24.6. The molecule has 0 heterocycles. The van der Waals surface area contributed by atoms with Crippen molar-refractivity contribution >= 4 is 33.2 Å². The minimum atomic E-state index is -3.83. The molecule has 0 bridgehead atoms. The number of amides is 2. The summed E-state index contributed by atoms with van der Waals surface area (Å²) in [5.74, 6) is -0.339. The lowest BCUT2D eigenvalue weighted by molar-refractivity contribution is -0.121. The molecule has 43 heavy (non-hydrogen) atoms. The molecule has 0 aromatic heterocycles. The number of carbonyl (C=O) groups is 2. The van der Waals surface area contributed by atoms with E-state index < -0.39 is 10.0 Å². The van der Waals surface area contributed by atoms with Gasteiger partial charge >= 0.3 is 0 Å². The molecule has 2 rings (SSSR count). The molecule has 7 nitrogen and oxygen atoms in total. The molecule has 0 aliphatic rings. The predicted octanol–water partition coefficient (Wildman–Crippen LogP) is 8.59. The van der Waals surface area contributed by atoms with Crippen LogP contribution >= 0.6 is 0 Å². The Labute approximate surface area is 260 Å².